The summed E-state index contributed by atoms with van der Waals surface area (Å²) in [6.07, 6.45) is 3.96. The Morgan fingerprint density at radius 2 is 2.00 bits per heavy atom. The van der Waals surface area contributed by atoms with E-state index in [1.165, 1.54) is 0 Å². The van der Waals surface area contributed by atoms with Crippen molar-refractivity contribution in [2.45, 2.75) is 52.2 Å². The minimum atomic E-state index is 0.358. The molecule has 0 aromatic heterocycles. The predicted octanol–water partition coefficient (Wildman–Crippen LogP) is 2.80. The van der Waals surface area contributed by atoms with Crippen molar-refractivity contribution in [3.63, 3.8) is 0 Å². The van der Waals surface area contributed by atoms with Gasteiger partial charge in [-0.1, -0.05) is 20.3 Å². The van der Waals surface area contributed by atoms with Crippen LogP contribution in [-0.4, -0.2) is 12.2 Å². The van der Waals surface area contributed by atoms with E-state index in [1.54, 1.807) is 0 Å². The topological polar surface area (TPSA) is 9.23 Å². The molecule has 1 heteroatoms. The zero-order valence-electron chi connectivity index (χ0n) is 7.39. The molecule has 61 valence electrons. The molecule has 0 fully saturated rings. The second-order valence-corrected chi connectivity index (χ2v) is 2.86. The van der Waals surface area contributed by atoms with Gasteiger partial charge in [0.25, 0.3) is 0 Å². The maximum absolute atomic E-state index is 5.60. The van der Waals surface area contributed by atoms with E-state index in [4.69, 9.17) is 4.74 Å². The summed E-state index contributed by atoms with van der Waals surface area (Å²) >= 11 is 0. The smallest absolute Gasteiger partial charge is 0.0576 e. The van der Waals surface area contributed by atoms with Crippen LogP contribution in [0.2, 0.25) is 0 Å². The molecule has 0 aromatic carbocycles. The van der Waals surface area contributed by atoms with Gasteiger partial charge >= 0.3 is 0 Å². The molecule has 10 heavy (non-hydrogen) atoms. The van der Waals surface area contributed by atoms with Crippen LogP contribution >= 0.6 is 0 Å². The lowest BCUT2D eigenvalue weighted by molar-refractivity contribution is 0.00188. The minimum Gasteiger partial charge on any atom is -0.376 e. The van der Waals surface area contributed by atoms with Gasteiger partial charge in [-0.25, -0.2) is 0 Å². The lowest BCUT2D eigenvalue weighted by Gasteiger charge is -2.17. The molecule has 0 amide bonds. The van der Waals surface area contributed by atoms with E-state index >= 15 is 0 Å². The third-order valence-electron chi connectivity index (χ3n) is 1.45. The fourth-order valence-corrected chi connectivity index (χ4v) is 0.981. The van der Waals surface area contributed by atoms with Gasteiger partial charge in [0.15, 0.2) is 0 Å². The standard InChI is InChI=1S/C9H19O/c1-5-7-9(6-2)10-8(3)4/h8-9H,1,5-7H2,2-4H3. The maximum atomic E-state index is 5.60. The molecule has 1 unspecified atom stereocenters. The third-order valence-corrected chi connectivity index (χ3v) is 1.45. The van der Waals surface area contributed by atoms with Crippen molar-refractivity contribution in [2.24, 2.45) is 0 Å². The van der Waals surface area contributed by atoms with Gasteiger partial charge in [0, 0.05) is 0 Å². The molecule has 0 rings (SSSR count). The summed E-state index contributed by atoms with van der Waals surface area (Å²) in [5.41, 5.74) is 0. The van der Waals surface area contributed by atoms with E-state index in [1.807, 2.05) is 0 Å². The van der Waals surface area contributed by atoms with Crippen molar-refractivity contribution in [2.75, 3.05) is 0 Å². The molecule has 1 radical (unpaired) electrons. The number of rotatable bonds is 5. The van der Waals surface area contributed by atoms with E-state index in [-0.39, 0.29) is 0 Å². The van der Waals surface area contributed by atoms with Gasteiger partial charge in [-0.05, 0) is 26.7 Å². The Balaban J connectivity index is 3.39. The summed E-state index contributed by atoms with van der Waals surface area (Å²) in [5.74, 6) is 0. The van der Waals surface area contributed by atoms with Crippen LogP contribution in [0.3, 0.4) is 0 Å². The summed E-state index contributed by atoms with van der Waals surface area (Å²) in [6, 6.07) is 0. The van der Waals surface area contributed by atoms with E-state index in [0.717, 1.165) is 19.3 Å². The normalized spacial score (nSPS) is 14.1. The quantitative estimate of drug-likeness (QED) is 0.575. The molecule has 0 aliphatic rings. The molecule has 0 aliphatic heterocycles. The van der Waals surface area contributed by atoms with Crippen LogP contribution in [0.5, 0.6) is 0 Å². The first-order valence-electron chi connectivity index (χ1n) is 4.15. The fourth-order valence-electron chi connectivity index (χ4n) is 0.981. The molecular formula is C9H19O. The first kappa shape index (κ1) is 9.96. The average molecular weight is 143 g/mol. The summed E-state index contributed by atoms with van der Waals surface area (Å²) in [5, 5.41) is 0. The average Bonchev–Trinajstić information content (AvgIpc) is 1.86. The monoisotopic (exact) mass is 143 g/mol. The maximum Gasteiger partial charge on any atom is 0.0576 e. The van der Waals surface area contributed by atoms with Crippen LogP contribution in [0, 0.1) is 6.92 Å². The van der Waals surface area contributed by atoms with Crippen LogP contribution in [0.25, 0.3) is 0 Å². The zero-order valence-corrected chi connectivity index (χ0v) is 7.39. The molecule has 0 heterocycles. The lowest BCUT2D eigenvalue weighted by atomic mass is 10.1. The highest BCUT2D eigenvalue weighted by molar-refractivity contribution is 4.57. The SMILES string of the molecule is [CH2]CCC(CC)OC(C)C. The molecule has 0 N–H and O–H groups in total. The minimum absolute atomic E-state index is 0.358. The predicted molar refractivity (Wildman–Crippen MR) is 44.9 cm³/mol. The van der Waals surface area contributed by atoms with Crippen LogP contribution in [0.4, 0.5) is 0 Å². The third kappa shape index (κ3) is 4.80. The highest BCUT2D eigenvalue weighted by Crippen LogP contribution is 2.08. The zero-order chi connectivity index (χ0) is 7.98. The van der Waals surface area contributed by atoms with Crippen LogP contribution in [0.15, 0.2) is 0 Å². The Hall–Kier alpha value is -0.0400. The Morgan fingerprint density at radius 1 is 1.40 bits per heavy atom. The van der Waals surface area contributed by atoms with E-state index in [9.17, 15) is 0 Å². The van der Waals surface area contributed by atoms with Crippen molar-refractivity contribution < 1.29 is 4.74 Å². The van der Waals surface area contributed by atoms with Crippen molar-refractivity contribution in [3.8, 4) is 0 Å². The molecule has 0 aliphatic carbocycles. The molecule has 0 saturated carbocycles. The Kier molecular flexibility index (Phi) is 5.70. The van der Waals surface area contributed by atoms with Crippen molar-refractivity contribution in [3.05, 3.63) is 6.92 Å². The second-order valence-electron chi connectivity index (χ2n) is 2.86. The van der Waals surface area contributed by atoms with E-state index < -0.39 is 0 Å². The number of hydrogen-bond donors (Lipinski definition) is 0. The van der Waals surface area contributed by atoms with Crippen LogP contribution in [0.1, 0.15) is 40.0 Å². The van der Waals surface area contributed by atoms with Crippen molar-refractivity contribution >= 4 is 0 Å². The van der Waals surface area contributed by atoms with Gasteiger partial charge < -0.3 is 4.74 Å². The first-order valence-corrected chi connectivity index (χ1v) is 4.15. The van der Waals surface area contributed by atoms with Crippen molar-refractivity contribution in [1.29, 1.82) is 0 Å². The molecule has 0 saturated heterocycles. The highest BCUT2D eigenvalue weighted by Gasteiger charge is 2.05. The highest BCUT2D eigenvalue weighted by atomic mass is 16.5. The van der Waals surface area contributed by atoms with Gasteiger partial charge in [-0.3, -0.25) is 0 Å². The number of ether oxygens (including phenoxy) is 1. The molecule has 0 aromatic rings. The van der Waals surface area contributed by atoms with Gasteiger partial charge in [0.05, 0.1) is 12.2 Å². The van der Waals surface area contributed by atoms with Crippen LogP contribution in [-0.2, 0) is 4.74 Å². The molecular weight excluding hydrogens is 124 g/mol. The Bertz CT molecular complexity index is 69.1. The van der Waals surface area contributed by atoms with Gasteiger partial charge in [0.1, 0.15) is 0 Å². The molecule has 0 spiro atoms. The van der Waals surface area contributed by atoms with Gasteiger partial charge in [-0.15, -0.1) is 0 Å². The summed E-state index contributed by atoms with van der Waals surface area (Å²) in [4.78, 5) is 0. The number of hydrogen-bond acceptors (Lipinski definition) is 1. The summed E-state index contributed by atoms with van der Waals surface area (Å²) in [7, 11) is 0. The van der Waals surface area contributed by atoms with Crippen LogP contribution < -0.4 is 0 Å². The van der Waals surface area contributed by atoms with E-state index in [2.05, 4.69) is 27.7 Å². The summed E-state index contributed by atoms with van der Waals surface area (Å²) < 4.78 is 5.60. The fraction of sp³-hybridized carbons (Fsp3) is 0.889. The lowest BCUT2D eigenvalue weighted by Crippen LogP contribution is -2.16. The van der Waals surface area contributed by atoms with Crippen molar-refractivity contribution in [1.82, 2.24) is 0 Å². The Labute approximate surface area is 64.8 Å². The van der Waals surface area contributed by atoms with Gasteiger partial charge in [0.2, 0.25) is 0 Å². The largest absolute Gasteiger partial charge is 0.376 e. The Morgan fingerprint density at radius 3 is 2.30 bits per heavy atom. The molecule has 1 atom stereocenters. The molecule has 1 nitrogen and oxygen atoms in total. The molecule has 0 bridgehead atoms. The van der Waals surface area contributed by atoms with E-state index in [0.29, 0.717) is 12.2 Å². The summed E-state index contributed by atoms with van der Waals surface area (Å²) in [6.45, 7) is 10.1. The first-order chi connectivity index (χ1) is 4.70. The van der Waals surface area contributed by atoms with Gasteiger partial charge in [-0.2, -0.15) is 0 Å². The second kappa shape index (κ2) is 5.72.